The second-order valence-corrected chi connectivity index (χ2v) is 13.9. The van der Waals surface area contributed by atoms with Gasteiger partial charge in [0.2, 0.25) is 0 Å². The number of hydrogen-bond donors (Lipinski definition) is 0. The summed E-state index contributed by atoms with van der Waals surface area (Å²) in [5.74, 6) is 7.00. The highest BCUT2D eigenvalue weighted by molar-refractivity contribution is 7.09. The molecule has 0 spiro atoms. The van der Waals surface area contributed by atoms with Crippen LogP contribution in [0.25, 0.3) is 0 Å². The molecular weight excluding hydrogens is 304 g/mol. The molecule has 1 nitrogen and oxygen atoms in total. The molecule has 1 heterocycles. The molecule has 1 aliphatic rings. The average Bonchev–Trinajstić information content (AvgIpc) is 2.86. The SMILES string of the molecule is CC(C)(C)[Si](C)(C)OCCC#CC1(Cc2cccs2)CCC1. The Morgan fingerprint density at radius 3 is 2.55 bits per heavy atom. The Morgan fingerprint density at radius 1 is 1.32 bits per heavy atom. The van der Waals surface area contributed by atoms with Gasteiger partial charge in [-0.1, -0.05) is 39.2 Å². The van der Waals surface area contributed by atoms with E-state index in [0.717, 1.165) is 19.4 Å². The molecule has 1 saturated carbocycles. The third kappa shape index (κ3) is 4.47. The van der Waals surface area contributed by atoms with Crippen molar-refractivity contribution in [1.29, 1.82) is 0 Å². The van der Waals surface area contributed by atoms with Crippen molar-refractivity contribution in [3.05, 3.63) is 22.4 Å². The zero-order valence-corrected chi connectivity index (χ0v) is 16.6. The third-order valence-corrected chi connectivity index (χ3v) is 10.7. The van der Waals surface area contributed by atoms with Crippen molar-refractivity contribution in [1.82, 2.24) is 0 Å². The summed E-state index contributed by atoms with van der Waals surface area (Å²) in [6, 6.07) is 4.39. The maximum atomic E-state index is 6.20. The summed E-state index contributed by atoms with van der Waals surface area (Å²) in [7, 11) is -1.61. The fraction of sp³-hybridized carbons (Fsp3) is 0.684. The molecule has 122 valence electrons. The molecule has 0 aromatic carbocycles. The van der Waals surface area contributed by atoms with Crippen LogP contribution in [0.4, 0.5) is 0 Å². The number of rotatable bonds is 5. The lowest BCUT2D eigenvalue weighted by Gasteiger charge is -2.37. The van der Waals surface area contributed by atoms with Crippen LogP contribution in [0.2, 0.25) is 18.1 Å². The Balaban J connectivity index is 1.83. The molecule has 22 heavy (non-hydrogen) atoms. The molecule has 0 unspecified atom stereocenters. The second kappa shape index (κ2) is 6.91. The highest BCUT2D eigenvalue weighted by Crippen LogP contribution is 2.43. The third-order valence-electron chi connectivity index (χ3n) is 5.25. The molecule has 0 saturated heterocycles. The molecule has 1 fully saturated rings. The summed E-state index contributed by atoms with van der Waals surface area (Å²) in [5, 5.41) is 2.46. The molecule has 0 N–H and O–H groups in total. The maximum absolute atomic E-state index is 6.20. The van der Waals surface area contributed by atoms with E-state index < -0.39 is 8.32 Å². The smallest absolute Gasteiger partial charge is 0.192 e. The molecule has 0 atom stereocenters. The first-order valence-corrected chi connectivity index (χ1v) is 12.2. The van der Waals surface area contributed by atoms with Gasteiger partial charge in [0.05, 0.1) is 0 Å². The van der Waals surface area contributed by atoms with Gasteiger partial charge in [-0.05, 0) is 48.8 Å². The van der Waals surface area contributed by atoms with Crippen molar-refractivity contribution in [3.8, 4) is 11.8 Å². The van der Waals surface area contributed by atoms with E-state index in [1.54, 1.807) is 0 Å². The van der Waals surface area contributed by atoms with E-state index >= 15 is 0 Å². The van der Waals surface area contributed by atoms with Gasteiger partial charge in [0, 0.05) is 23.3 Å². The molecule has 1 aromatic heterocycles. The Bertz CT molecular complexity index is 524. The molecular formula is C19H30OSSi. The van der Waals surface area contributed by atoms with Crippen molar-refractivity contribution < 1.29 is 4.43 Å². The topological polar surface area (TPSA) is 9.23 Å². The van der Waals surface area contributed by atoms with Crippen LogP contribution < -0.4 is 0 Å². The normalized spacial score (nSPS) is 17.5. The van der Waals surface area contributed by atoms with Crippen molar-refractivity contribution >= 4 is 19.7 Å². The Labute approximate surface area is 141 Å². The first-order valence-electron chi connectivity index (χ1n) is 8.41. The maximum Gasteiger partial charge on any atom is 0.192 e. The lowest BCUT2D eigenvalue weighted by Crippen LogP contribution is -2.40. The summed E-state index contributed by atoms with van der Waals surface area (Å²) in [5.41, 5.74) is 0.266. The zero-order chi connectivity index (χ0) is 16.3. The van der Waals surface area contributed by atoms with Crippen molar-refractivity contribution in [2.45, 2.75) is 71.0 Å². The van der Waals surface area contributed by atoms with Crippen molar-refractivity contribution in [3.63, 3.8) is 0 Å². The van der Waals surface area contributed by atoms with Gasteiger partial charge in [-0.15, -0.1) is 17.3 Å². The van der Waals surface area contributed by atoms with E-state index in [-0.39, 0.29) is 10.5 Å². The fourth-order valence-electron chi connectivity index (χ4n) is 2.52. The van der Waals surface area contributed by atoms with Gasteiger partial charge in [-0.3, -0.25) is 0 Å². The van der Waals surface area contributed by atoms with Crippen molar-refractivity contribution in [2.75, 3.05) is 6.61 Å². The first-order chi connectivity index (χ1) is 10.2. The van der Waals surface area contributed by atoms with E-state index in [2.05, 4.69) is 63.2 Å². The summed E-state index contributed by atoms with van der Waals surface area (Å²) in [6.45, 7) is 12.3. The number of thiophene rings is 1. The molecule has 1 aliphatic carbocycles. The Hall–Kier alpha value is -0.563. The fourth-order valence-corrected chi connectivity index (χ4v) is 4.41. The van der Waals surface area contributed by atoms with Gasteiger partial charge in [0.25, 0.3) is 0 Å². The zero-order valence-electron chi connectivity index (χ0n) is 14.8. The molecule has 2 rings (SSSR count). The van der Waals surface area contributed by atoms with Crippen LogP contribution in [0.15, 0.2) is 17.5 Å². The van der Waals surface area contributed by atoms with E-state index in [1.165, 1.54) is 24.1 Å². The lowest BCUT2D eigenvalue weighted by atomic mass is 9.67. The van der Waals surface area contributed by atoms with Crippen LogP contribution in [-0.2, 0) is 10.8 Å². The number of hydrogen-bond acceptors (Lipinski definition) is 2. The molecule has 0 radical (unpaired) electrons. The van der Waals surface area contributed by atoms with Gasteiger partial charge in [0.1, 0.15) is 0 Å². The minimum absolute atomic E-state index is 0.266. The lowest BCUT2D eigenvalue weighted by molar-refractivity contribution is 0.218. The van der Waals surface area contributed by atoms with Crippen LogP contribution >= 0.6 is 11.3 Å². The average molecular weight is 335 g/mol. The highest BCUT2D eigenvalue weighted by atomic mass is 32.1. The van der Waals surface area contributed by atoms with Gasteiger partial charge in [-0.2, -0.15) is 0 Å². The summed E-state index contributed by atoms with van der Waals surface area (Å²) < 4.78 is 6.20. The van der Waals surface area contributed by atoms with Crippen LogP contribution in [0.5, 0.6) is 0 Å². The standard InChI is InChI=1S/C19H30OSSi/c1-18(2,3)22(4,5)20-14-7-6-11-19(12-9-13-19)16-17-10-8-15-21-17/h8,10,15H,7,9,12-14,16H2,1-5H3. The monoisotopic (exact) mass is 334 g/mol. The first kappa shape index (κ1) is 17.8. The predicted molar refractivity (Wildman–Crippen MR) is 99.8 cm³/mol. The molecule has 0 aliphatic heterocycles. The van der Waals surface area contributed by atoms with E-state index in [9.17, 15) is 0 Å². The highest BCUT2D eigenvalue weighted by Gasteiger charge is 2.37. The summed E-state index contributed by atoms with van der Waals surface area (Å²) in [4.78, 5) is 1.48. The van der Waals surface area contributed by atoms with Gasteiger partial charge >= 0.3 is 0 Å². The quantitative estimate of drug-likeness (QED) is 0.371. The molecule has 1 aromatic rings. The predicted octanol–water partition coefficient (Wildman–Crippen LogP) is 5.88. The van der Waals surface area contributed by atoms with Crippen molar-refractivity contribution in [2.24, 2.45) is 5.41 Å². The van der Waals surface area contributed by atoms with E-state index in [0.29, 0.717) is 0 Å². The van der Waals surface area contributed by atoms with Gasteiger partial charge in [-0.25, -0.2) is 0 Å². The minimum Gasteiger partial charge on any atom is -0.416 e. The minimum atomic E-state index is -1.61. The van der Waals surface area contributed by atoms with Crippen LogP contribution in [0.1, 0.15) is 51.3 Å². The molecule has 0 bridgehead atoms. The second-order valence-electron chi connectivity index (χ2n) is 8.05. The van der Waals surface area contributed by atoms with Crippen LogP contribution in [0, 0.1) is 17.3 Å². The Kier molecular flexibility index (Phi) is 5.58. The van der Waals surface area contributed by atoms with Gasteiger partial charge < -0.3 is 4.43 Å². The van der Waals surface area contributed by atoms with Crippen LogP contribution in [0.3, 0.4) is 0 Å². The van der Waals surface area contributed by atoms with E-state index in [1.807, 2.05) is 11.3 Å². The summed E-state index contributed by atoms with van der Waals surface area (Å²) in [6.07, 6.45) is 5.88. The Morgan fingerprint density at radius 2 is 2.05 bits per heavy atom. The van der Waals surface area contributed by atoms with E-state index in [4.69, 9.17) is 4.43 Å². The summed E-state index contributed by atoms with van der Waals surface area (Å²) >= 11 is 1.86. The molecule has 3 heteroatoms. The van der Waals surface area contributed by atoms with Crippen LogP contribution in [-0.4, -0.2) is 14.9 Å². The molecule has 0 amide bonds. The van der Waals surface area contributed by atoms with Gasteiger partial charge in [0.15, 0.2) is 8.32 Å². The largest absolute Gasteiger partial charge is 0.416 e.